The molecule has 1 aromatic heterocycles. The number of rotatable bonds is 5. The molecule has 1 aromatic carbocycles. The molecule has 0 fully saturated rings. The number of hydrogen-bond donors (Lipinski definition) is 2. The van der Waals surface area contributed by atoms with Gasteiger partial charge in [0.2, 0.25) is 11.8 Å². The Hall–Kier alpha value is -2.68. The lowest BCUT2D eigenvalue weighted by Gasteiger charge is -2.06. The van der Waals surface area contributed by atoms with E-state index in [0.717, 1.165) is 0 Å². The minimum Gasteiger partial charge on any atom is -0.366 e. The van der Waals surface area contributed by atoms with E-state index < -0.39 is 21.8 Å². The largest absolute Gasteiger partial charge is 0.366 e. The van der Waals surface area contributed by atoms with Gasteiger partial charge in [-0.3, -0.25) is 9.59 Å². The van der Waals surface area contributed by atoms with Crippen LogP contribution in [-0.4, -0.2) is 25.4 Å². The van der Waals surface area contributed by atoms with Crippen molar-refractivity contribution >= 4 is 21.8 Å². The first-order valence-corrected chi connectivity index (χ1v) is 8.06. The molecule has 23 heavy (non-hydrogen) atoms. The van der Waals surface area contributed by atoms with E-state index in [1.807, 2.05) is 4.72 Å². The molecule has 0 aliphatic heterocycles. The Kier molecular flexibility index (Phi) is 4.50. The second-order valence-corrected chi connectivity index (χ2v) is 6.54. The Balaban J connectivity index is 2.11. The van der Waals surface area contributed by atoms with Gasteiger partial charge in [-0.2, -0.15) is 0 Å². The zero-order chi connectivity index (χ0) is 17.2. The van der Waals surface area contributed by atoms with Crippen LogP contribution >= 0.6 is 0 Å². The first-order valence-electron chi connectivity index (χ1n) is 6.58. The van der Waals surface area contributed by atoms with Gasteiger partial charge in [-0.1, -0.05) is 17.3 Å². The van der Waals surface area contributed by atoms with Crippen molar-refractivity contribution in [2.45, 2.75) is 25.2 Å². The maximum atomic E-state index is 12.2. The minimum atomic E-state index is -4.05. The van der Waals surface area contributed by atoms with E-state index in [1.165, 1.54) is 38.1 Å². The summed E-state index contributed by atoms with van der Waals surface area (Å²) in [5, 5.41) is 3.55. The predicted octanol–water partition coefficient (Wildman–Crippen LogP) is 0.438. The molecule has 0 saturated heterocycles. The summed E-state index contributed by atoms with van der Waals surface area (Å²) in [7, 11) is -4.05. The lowest BCUT2D eigenvalue weighted by Crippen LogP contribution is -2.32. The number of primary amides is 1. The number of amides is 2. The second kappa shape index (κ2) is 6.21. The average Bonchev–Trinajstić information content (AvgIpc) is 2.78. The number of nitrogens with zero attached hydrogens (tertiary/aromatic N) is 1. The summed E-state index contributed by atoms with van der Waals surface area (Å²) in [6.07, 6.45) is -0.165. The summed E-state index contributed by atoms with van der Waals surface area (Å²) in [5.41, 5.74) is 6.14. The van der Waals surface area contributed by atoms with Gasteiger partial charge in [0.1, 0.15) is 5.69 Å². The van der Waals surface area contributed by atoms with Crippen LogP contribution in [0, 0.1) is 13.8 Å². The molecule has 0 radical (unpaired) electrons. The summed E-state index contributed by atoms with van der Waals surface area (Å²) < 4.78 is 31.1. The zero-order valence-electron chi connectivity index (χ0n) is 12.5. The lowest BCUT2D eigenvalue weighted by atomic mass is 10.1. The fourth-order valence-electron chi connectivity index (χ4n) is 2.07. The molecule has 2 rings (SSSR count). The molecule has 0 unspecified atom stereocenters. The van der Waals surface area contributed by atoms with E-state index in [0.29, 0.717) is 11.1 Å². The smallest absolute Gasteiger partial charge is 0.269 e. The van der Waals surface area contributed by atoms with Crippen LogP contribution in [0.2, 0.25) is 0 Å². The monoisotopic (exact) mass is 337 g/mol. The number of hydrogen-bond acceptors (Lipinski definition) is 6. The fraction of sp³-hybridized carbons (Fsp3) is 0.214. The Bertz CT molecular complexity index is 834. The minimum absolute atomic E-state index is 0.105. The third-order valence-electron chi connectivity index (χ3n) is 3.09. The van der Waals surface area contributed by atoms with Crippen molar-refractivity contribution in [2.75, 3.05) is 0 Å². The van der Waals surface area contributed by atoms with E-state index in [-0.39, 0.29) is 22.8 Å². The van der Waals surface area contributed by atoms with E-state index >= 15 is 0 Å². The van der Waals surface area contributed by atoms with Gasteiger partial charge in [-0.05, 0) is 31.5 Å². The van der Waals surface area contributed by atoms with Gasteiger partial charge in [-0.25, -0.2) is 13.1 Å². The normalized spacial score (nSPS) is 11.2. The molecule has 9 heteroatoms. The molecule has 0 aliphatic rings. The van der Waals surface area contributed by atoms with Crippen LogP contribution in [-0.2, 0) is 21.2 Å². The van der Waals surface area contributed by atoms with Crippen LogP contribution in [0.15, 0.2) is 33.7 Å². The van der Waals surface area contributed by atoms with Gasteiger partial charge >= 0.3 is 0 Å². The SMILES string of the molecule is Cc1noc(C)c1S(=O)(=O)NC(=O)Cc1ccc(C(N)=O)cc1. The summed E-state index contributed by atoms with van der Waals surface area (Å²) in [6.45, 7) is 2.92. The van der Waals surface area contributed by atoms with Crippen molar-refractivity contribution in [2.24, 2.45) is 5.73 Å². The highest BCUT2D eigenvalue weighted by molar-refractivity contribution is 7.90. The molecule has 3 N–H and O–H groups in total. The van der Waals surface area contributed by atoms with Crippen LogP contribution in [0.5, 0.6) is 0 Å². The maximum Gasteiger partial charge on any atom is 0.269 e. The van der Waals surface area contributed by atoms with Gasteiger partial charge in [0.15, 0.2) is 10.7 Å². The van der Waals surface area contributed by atoms with Crippen LogP contribution in [0.4, 0.5) is 0 Å². The van der Waals surface area contributed by atoms with Gasteiger partial charge in [0.25, 0.3) is 10.0 Å². The van der Waals surface area contributed by atoms with Crippen LogP contribution in [0.1, 0.15) is 27.4 Å². The zero-order valence-corrected chi connectivity index (χ0v) is 13.3. The van der Waals surface area contributed by atoms with Gasteiger partial charge in [0, 0.05) is 5.56 Å². The first-order chi connectivity index (χ1) is 10.7. The van der Waals surface area contributed by atoms with Crippen molar-refractivity contribution < 1.29 is 22.5 Å². The lowest BCUT2D eigenvalue weighted by molar-refractivity contribution is -0.118. The molecule has 0 bridgehead atoms. The fourth-order valence-corrected chi connectivity index (χ4v) is 3.38. The number of nitrogens with one attached hydrogen (secondary N) is 1. The van der Waals surface area contributed by atoms with Crippen molar-refractivity contribution in [3.8, 4) is 0 Å². The molecule has 0 spiro atoms. The Morgan fingerprint density at radius 3 is 2.30 bits per heavy atom. The number of aromatic nitrogens is 1. The number of aryl methyl sites for hydroxylation is 2. The first kappa shape index (κ1) is 16.7. The Morgan fingerprint density at radius 1 is 1.22 bits per heavy atom. The van der Waals surface area contributed by atoms with Crippen molar-refractivity contribution in [3.63, 3.8) is 0 Å². The molecule has 0 atom stereocenters. The Labute approximate surface area is 132 Å². The molecular formula is C14H15N3O5S. The highest BCUT2D eigenvalue weighted by atomic mass is 32.2. The molecular weight excluding hydrogens is 322 g/mol. The number of nitrogens with two attached hydrogens (primary N) is 1. The highest BCUT2D eigenvalue weighted by Crippen LogP contribution is 2.18. The molecule has 0 saturated carbocycles. The van der Waals surface area contributed by atoms with Crippen molar-refractivity contribution in [3.05, 3.63) is 46.8 Å². The van der Waals surface area contributed by atoms with E-state index in [1.54, 1.807) is 0 Å². The third-order valence-corrected chi connectivity index (χ3v) is 4.70. The third kappa shape index (κ3) is 3.75. The summed E-state index contributed by atoms with van der Waals surface area (Å²) in [6, 6.07) is 5.99. The molecule has 0 aliphatic carbocycles. The van der Waals surface area contributed by atoms with Gasteiger partial charge < -0.3 is 10.3 Å². The number of sulfonamides is 1. The summed E-state index contributed by atoms with van der Waals surface area (Å²) in [4.78, 5) is 22.8. The molecule has 8 nitrogen and oxygen atoms in total. The van der Waals surface area contributed by atoms with E-state index in [9.17, 15) is 18.0 Å². The number of carbonyl (C=O) groups excluding carboxylic acids is 2. The average molecular weight is 337 g/mol. The van der Waals surface area contributed by atoms with Crippen molar-refractivity contribution in [1.29, 1.82) is 0 Å². The topological polar surface area (TPSA) is 132 Å². The number of benzene rings is 1. The van der Waals surface area contributed by atoms with E-state index in [2.05, 4.69) is 5.16 Å². The number of carbonyl (C=O) groups is 2. The molecule has 2 amide bonds. The molecule has 2 aromatic rings. The molecule has 1 heterocycles. The Morgan fingerprint density at radius 2 is 1.83 bits per heavy atom. The highest BCUT2D eigenvalue weighted by Gasteiger charge is 2.26. The predicted molar refractivity (Wildman–Crippen MR) is 80.0 cm³/mol. The van der Waals surface area contributed by atoms with Gasteiger partial charge in [-0.15, -0.1) is 0 Å². The summed E-state index contributed by atoms with van der Waals surface area (Å²) >= 11 is 0. The van der Waals surface area contributed by atoms with Crippen LogP contribution < -0.4 is 10.5 Å². The van der Waals surface area contributed by atoms with Gasteiger partial charge in [0.05, 0.1) is 6.42 Å². The van der Waals surface area contributed by atoms with Crippen LogP contribution in [0.25, 0.3) is 0 Å². The van der Waals surface area contributed by atoms with Crippen LogP contribution in [0.3, 0.4) is 0 Å². The van der Waals surface area contributed by atoms with Crippen molar-refractivity contribution in [1.82, 2.24) is 9.88 Å². The quantitative estimate of drug-likeness (QED) is 0.813. The summed E-state index contributed by atoms with van der Waals surface area (Å²) in [5.74, 6) is -1.19. The molecule has 122 valence electrons. The second-order valence-electron chi connectivity index (χ2n) is 4.92. The maximum absolute atomic E-state index is 12.2. The van der Waals surface area contributed by atoms with E-state index in [4.69, 9.17) is 10.3 Å². The standard InChI is InChI=1S/C14H15N3O5S/c1-8-13(9(2)22-16-8)23(20,21)17-12(18)7-10-3-5-11(6-4-10)14(15)19/h3-6H,7H2,1-2H3,(H2,15,19)(H,17,18).